The topological polar surface area (TPSA) is 33.7 Å². The molecule has 0 aromatic heterocycles. The molecule has 106 valence electrons. The number of piperidine rings is 1. The lowest BCUT2D eigenvalue weighted by Gasteiger charge is -2.29. The van der Waals surface area contributed by atoms with E-state index < -0.39 is 0 Å². The highest BCUT2D eigenvalue weighted by atomic mass is 16.5. The zero-order valence-electron chi connectivity index (χ0n) is 12.1. The minimum absolute atomic E-state index is 0.762. The number of ether oxygens (including phenoxy) is 2. The van der Waals surface area contributed by atoms with E-state index in [2.05, 4.69) is 23.3 Å². The molecule has 4 heteroatoms. The Morgan fingerprint density at radius 3 is 2.58 bits per heavy atom. The van der Waals surface area contributed by atoms with Gasteiger partial charge in [-0.25, -0.2) is 0 Å². The minimum Gasteiger partial charge on any atom is -0.497 e. The van der Waals surface area contributed by atoms with Crippen LogP contribution in [0.5, 0.6) is 11.5 Å². The highest BCUT2D eigenvalue weighted by Gasteiger charge is 2.17. The third kappa shape index (κ3) is 3.53. The number of rotatable bonds is 5. The van der Waals surface area contributed by atoms with Gasteiger partial charge >= 0.3 is 0 Å². The molecule has 0 saturated carbocycles. The summed E-state index contributed by atoms with van der Waals surface area (Å²) in [5.41, 5.74) is 1.13. The molecular formula is C15H24N2O2. The second-order valence-corrected chi connectivity index (χ2v) is 5.11. The highest BCUT2D eigenvalue weighted by Crippen LogP contribution is 2.32. The second kappa shape index (κ2) is 6.66. The standard InChI is InChI=1S/C15H24N2O2/c1-17(11-12-6-8-16-9-7-12)14-5-4-13(18-2)10-15(14)19-3/h4-5,10,12,16H,6-9,11H2,1-3H3. The van der Waals surface area contributed by atoms with Crippen molar-refractivity contribution < 1.29 is 9.47 Å². The van der Waals surface area contributed by atoms with Crippen molar-refractivity contribution in [2.45, 2.75) is 12.8 Å². The summed E-state index contributed by atoms with van der Waals surface area (Å²) in [7, 11) is 5.51. The highest BCUT2D eigenvalue weighted by molar-refractivity contribution is 5.60. The molecule has 0 radical (unpaired) electrons. The summed E-state index contributed by atoms with van der Waals surface area (Å²) in [6.07, 6.45) is 2.51. The maximum absolute atomic E-state index is 5.46. The van der Waals surface area contributed by atoms with Crippen LogP contribution < -0.4 is 19.7 Å². The van der Waals surface area contributed by atoms with Crippen LogP contribution in [-0.2, 0) is 0 Å². The Morgan fingerprint density at radius 1 is 1.21 bits per heavy atom. The number of hydrogen-bond acceptors (Lipinski definition) is 4. The maximum atomic E-state index is 5.46. The molecule has 1 N–H and O–H groups in total. The normalized spacial score (nSPS) is 16.2. The lowest BCUT2D eigenvalue weighted by Crippen LogP contribution is -2.34. The van der Waals surface area contributed by atoms with Gasteiger partial charge in [0.1, 0.15) is 11.5 Å². The van der Waals surface area contributed by atoms with E-state index in [0.29, 0.717) is 0 Å². The van der Waals surface area contributed by atoms with Crippen molar-refractivity contribution in [3.63, 3.8) is 0 Å². The van der Waals surface area contributed by atoms with E-state index in [-0.39, 0.29) is 0 Å². The lowest BCUT2D eigenvalue weighted by atomic mass is 9.97. The number of anilines is 1. The molecule has 1 aromatic carbocycles. The van der Waals surface area contributed by atoms with Gasteiger partial charge in [0.15, 0.2) is 0 Å². The zero-order chi connectivity index (χ0) is 13.7. The molecular weight excluding hydrogens is 240 g/mol. The van der Waals surface area contributed by atoms with Gasteiger partial charge in [-0.05, 0) is 44.0 Å². The van der Waals surface area contributed by atoms with Gasteiger partial charge in [-0.3, -0.25) is 0 Å². The van der Waals surface area contributed by atoms with Gasteiger partial charge in [0, 0.05) is 19.7 Å². The van der Waals surface area contributed by atoms with Crippen LogP contribution >= 0.6 is 0 Å². The van der Waals surface area contributed by atoms with E-state index in [4.69, 9.17) is 9.47 Å². The van der Waals surface area contributed by atoms with Crippen LogP contribution in [-0.4, -0.2) is 40.9 Å². The summed E-state index contributed by atoms with van der Waals surface area (Å²) >= 11 is 0. The van der Waals surface area contributed by atoms with Gasteiger partial charge in [-0.2, -0.15) is 0 Å². The van der Waals surface area contributed by atoms with Crippen LogP contribution in [0.1, 0.15) is 12.8 Å². The zero-order valence-corrected chi connectivity index (χ0v) is 12.1. The van der Waals surface area contributed by atoms with Crippen molar-refractivity contribution in [2.24, 2.45) is 5.92 Å². The van der Waals surface area contributed by atoms with Crippen molar-refractivity contribution in [3.05, 3.63) is 18.2 Å². The van der Waals surface area contributed by atoms with Crippen molar-refractivity contribution in [1.82, 2.24) is 5.32 Å². The Bertz CT molecular complexity index is 403. The molecule has 0 atom stereocenters. The molecule has 0 spiro atoms. The van der Waals surface area contributed by atoms with Gasteiger partial charge in [-0.15, -0.1) is 0 Å². The summed E-state index contributed by atoms with van der Waals surface area (Å²) in [6, 6.07) is 5.99. The first kappa shape index (κ1) is 14.0. The summed E-state index contributed by atoms with van der Waals surface area (Å²) in [5.74, 6) is 2.46. The molecule has 1 aliphatic heterocycles. The van der Waals surface area contributed by atoms with Crippen LogP contribution in [0.4, 0.5) is 5.69 Å². The molecule has 1 fully saturated rings. The third-order valence-corrected chi connectivity index (χ3v) is 3.79. The first-order valence-electron chi connectivity index (χ1n) is 6.88. The summed E-state index contributed by atoms with van der Waals surface area (Å²) in [6.45, 7) is 3.35. The molecule has 0 unspecified atom stereocenters. The largest absolute Gasteiger partial charge is 0.497 e. The van der Waals surface area contributed by atoms with Crippen LogP contribution in [0, 0.1) is 5.92 Å². The average Bonchev–Trinajstić information content (AvgIpc) is 2.47. The first-order chi connectivity index (χ1) is 9.24. The molecule has 0 aliphatic carbocycles. The maximum Gasteiger partial charge on any atom is 0.145 e. The van der Waals surface area contributed by atoms with Crippen LogP contribution in [0.3, 0.4) is 0 Å². The lowest BCUT2D eigenvalue weighted by molar-refractivity contribution is 0.373. The molecule has 1 saturated heterocycles. The van der Waals surface area contributed by atoms with E-state index >= 15 is 0 Å². The Labute approximate surface area is 115 Å². The molecule has 1 aliphatic rings. The number of nitrogens with one attached hydrogen (secondary N) is 1. The van der Waals surface area contributed by atoms with Gasteiger partial charge < -0.3 is 19.7 Å². The quantitative estimate of drug-likeness (QED) is 0.883. The van der Waals surface area contributed by atoms with E-state index in [1.165, 1.54) is 12.8 Å². The molecule has 19 heavy (non-hydrogen) atoms. The Hall–Kier alpha value is -1.42. The summed E-state index contributed by atoms with van der Waals surface area (Å²) < 4.78 is 10.7. The minimum atomic E-state index is 0.762. The SMILES string of the molecule is COc1ccc(N(C)CC2CCNCC2)c(OC)c1. The van der Waals surface area contributed by atoms with E-state index in [0.717, 1.165) is 42.7 Å². The number of hydrogen-bond donors (Lipinski definition) is 1. The van der Waals surface area contributed by atoms with E-state index in [1.54, 1.807) is 14.2 Å². The fourth-order valence-corrected chi connectivity index (χ4v) is 2.65. The number of nitrogens with zero attached hydrogens (tertiary/aromatic N) is 1. The predicted molar refractivity (Wildman–Crippen MR) is 78.4 cm³/mol. The average molecular weight is 264 g/mol. The smallest absolute Gasteiger partial charge is 0.145 e. The Kier molecular flexibility index (Phi) is 4.91. The van der Waals surface area contributed by atoms with Crippen molar-refractivity contribution in [1.29, 1.82) is 0 Å². The van der Waals surface area contributed by atoms with Crippen molar-refractivity contribution in [3.8, 4) is 11.5 Å². The van der Waals surface area contributed by atoms with Crippen LogP contribution in [0.15, 0.2) is 18.2 Å². The van der Waals surface area contributed by atoms with E-state index in [1.807, 2.05) is 12.1 Å². The summed E-state index contributed by atoms with van der Waals surface area (Å²) in [5, 5.41) is 3.41. The van der Waals surface area contributed by atoms with Gasteiger partial charge in [-0.1, -0.05) is 0 Å². The first-order valence-corrected chi connectivity index (χ1v) is 6.88. The monoisotopic (exact) mass is 264 g/mol. The molecule has 1 heterocycles. The molecule has 4 nitrogen and oxygen atoms in total. The fraction of sp³-hybridized carbons (Fsp3) is 0.600. The molecule has 0 amide bonds. The van der Waals surface area contributed by atoms with E-state index in [9.17, 15) is 0 Å². The summed E-state index contributed by atoms with van der Waals surface area (Å²) in [4.78, 5) is 2.29. The van der Waals surface area contributed by atoms with Gasteiger partial charge in [0.2, 0.25) is 0 Å². The number of benzene rings is 1. The molecule has 0 bridgehead atoms. The fourth-order valence-electron chi connectivity index (χ4n) is 2.65. The van der Waals surface area contributed by atoms with Crippen molar-refractivity contribution >= 4 is 5.69 Å². The Balaban J connectivity index is 2.06. The van der Waals surface area contributed by atoms with Crippen LogP contribution in [0.2, 0.25) is 0 Å². The third-order valence-electron chi connectivity index (χ3n) is 3.79. The second-order valence-electron chi connectivity index (χ2n) is 5.11. The van der Waals surface area contributed by atoms with Crippen LogP contribution in [0.25, 0.3) is 0 Å². The van der Waals surface area contributed by atoms with Crippen molar-refractivity contribution in [2.75, 3.05) is 45.8 Å². The molecule has 2 rings (SSSR count). The molecule has 1 aromatic rings. The van der Waals surface area contributed by atoms with Gasteiger partial charge in [0.05, 0.1) is 19.9 Å². The number of methoxy groups -OCH3 is 2. The predicted octanol–water partition coefficient (Wildman–Crippen LogP) is 2.14. The Morgan fingerprint density at radius 2 is 1.95 bits per heavy atom. The van der Waals surface area contributed by atoms with Gasteiger partial charge in [0.25, 0.3) is 0 Å².